The number of nitrogens with zero attached hydrogens (tertiary/aromatic N) is 3. The van der Waals surface area contributed by atoms with E-state index in [0.29, 0.717) is 44.9 Å². The maximum absolute atomic E-state index is 12.8. The molecule has 4 rings (SSSR count). The normalized spacial score (nSPS) is 15.4. The number of aromatic nitrogens is 1. The summed E-state index contributed by atoms with van der Waals surface area (Å²) < 4.78 is 7.22. The SMILES string of the molecule is Cn1cc(CC(=O)N2CCN(CC(=O)c3ccco3)CC2)c2ccccc21. The summed E-state index contributed by atoms with van der Waals surface area (Å²) in [6.07, 6.45) is 3.96. The topological polar surface area (TPSA) is 58.7 Å². The van der Waals surface area contributed by atoms with Crippen molar-refractivity contribution in [2.45, 2.75) is 6.42 Å². The summed E-state index contributed by atoms with van der Waals surface area (Å²) in [5, 5.41) is 1.14. The first-order valence-electron chi connectivity index (χ1n) is 9.21. The molecular weight excluding hydrogens is 342 g/mol. The largest absolute Gasteiger partial charge is 0.461 e. The number of aryl methyl sites for hydroxylation is 1. The number of fused-ring (bicyclic) bond motifs is 1. The van der Waals surface area contributed by atoms with Crippen LogP contribution in [0.1, 0.15) is 16.1 Å². The second-order valence-electron chi connectivity index (χ2n) is 7.02. The van der Waals surface area contributed by atoms with Gasteiger partial charge >= 0.3 is 0 Å². The third-order valence-corrected chi connectivity index (χ3v) is 5.21. The Kier molecular flexibility index (Phi) is 4.81. The molecule has 1 saturated heterocycles. The Morgan fingerprint density at radius 3 is 2.56 bits per heavy atom. The average molecular weight is 365 g/mol. The highest BCUT2D eigenvalue weighted by atomic mass is 16.3. The van der Waals surface area contributed by atoms with Crippen molar-refractivity contribution in [2.24, 2.45) is 7.05 Å². The van der Waals surface area contributed by atoms with Crippen LogP contribution < -0.4 is 0 Å². The number of amides is 1. The lowest BCUT2D eigenvalue weighted by atomic mass is 10.1. The zero-order valence-corrected chi connectivity index (χ0v) is 15.4. The molecule has 2 aromatic heterocycles. The molecule has 1 fully saturated rings. The Morgan fingerprint density at radius 2 is 1.81 bits per heavy atom. The predicted molar refractivity (Wildman–Crippen MR) is 103 cm³/mol. The van der Waals surface area contributed by atoms with E-state index in [4.69, 9.17) is 4.42 Å². The third kappa shape index (κ3) is 3.66. The number of para-hydroxylation sites is 1. The predicted octanol–water partition coefficient (Wildman–Crippen LogP) is 2.34. The van der Waals surface area contributed by atoms with Gasteiger partial charge in [0.15, 0.2) is 5.76 Å². The Balaban J connectivity index is 1.34. The highest BCUT2D eigenvalue weighted by Crippen LogP contribution is 2.21. The molecule has 0 radical (unpaired) electrons. The molecular formula is C21H23N3O3. The smallest absolute Gasteiger partial charge is 0.227 e. The first-order chi connectivity index (χ1) is 13.1. The van der Waals surface area contributed by atoms with E-state index in [1.165, 1.54) is 6.26 Å². The van der Waals surface area contributed by atoms with Gasteiger partial charge in [-0.2, -0.15) is 0 Å². The summed E-state index contributed by atoms with van der Waals surface area (Å²) in [7, 11) is 2.01. The molecule has 1 aliphatic rings. The molecule has 0 N–H and O–H groups in total. The standard InChI is InChI=1S/C21H23N3O3/c1-22-14-16(17-5-2-3-6-18(17)22)13-21(26)24-10-8-23(9-11-24)15-19(25)20-7-4-12-27-20/h2-7,12,14H,8-11,13,15H2,1H3. The van der Waals surface area contributed by atoms with Crippen molar-refractivity contribution in [2.75, 3.05) is 32.7 Å². The maximum atomic E-state index is 12.8. The van der Waals surface area contributed by atoms with Crippen LogP contribution in [0.15, 0.2) is 53.3 Å². The van der Waals surface area contributed by atoms with Crippen molar-refractivity contribution in [3.05, 3.63) is 60.2 Å². The van der Waals surface area contributed by atoms with Crippen LogP contribution in [0.5, 0.6) is 0 Å². The fourth-order valence-electron chi connectivity index (χ4n) is 3.71. The lowest BCUT2D eigenvalue weighted by Gasteiger charge is -2.34. The Morgan fingerprint density at radius 1 is 1.04 bits per heavy atom. The van der Waals surface area contributed by atoms with Gasteiger partial charge in [0, 0.05) is 50.3 Å². The first-order valence-corrected chi connectivity index (χ1v) is 9.21. The highest BCUT2D eigenvalue weighted by Gasteiger charge is 2.24. The van der Waals surface area contributed by atoms with Crippen molar-refractivity contribution in [1.82, 2.24) is 14.4 Å². The van der Waals surface area contributed by atoms with Gasteiger partial charge in [-0.25, -0.2) is 0 Å². The molecule has 3 heterocycles. The number of carbonyl (C=O) groups excluding carboxylic acids is 2. The number of rotatable bonds is 5. The van der Waals surface area contributed by atoms with Crippen LogP contribution in [0.3, 0.4) is 0 Å². The number of ketones is 1. The maximum Gasteiger partial charge on any atom is 0.227 e. The molecule has 0 unspecified atom stereocenters. The van der Waals surface area contributed by atoms with Gasteiger partial charge in [-0.3, -0.25) is 14.5 Å². The zero-order chi connectivity index (χ0) is 18.8. The average Bonchev–Trinajstić information content (AvgIpc) is 3.32. The molecule has 0 aliphatic carbocycles. The molecule has 0 saturated carbocycles. The molecule has 3 aromatic rings. The molecule has 1 aliphatic heterocycles. The molecule has 27 heavy (non-hydrogen) atoms. The van der Waals surface area contributed by atoms with Crippen LogP contribution in [0, 0.1) is 0 Å². The van der Waals surface area contributed by atoms with Crippen LogP contribution >= 0.6 is 0 Å². The fraction of sp³-hybridized carbons (Fsp3) is 0.333. The van der Waals surface area contributed by atoms with Gasteiger partial charge in [0.2, 0.25) is 11.7 Å². The van der Waals surface area contributed by atoms with Crippen molar-refractivity contribution in [3.8, 4) is 0 Å². The molecule has 6 heteroatoms. The fourth-order valence-corrected chi connectivity index (χ4v) is 3.71. The van der Waals surface area contributed by atoms with Crippen LogP contribution in [-0.2, 0) is 18.3 Å². The number of furan rings is 1. The molecule has 0 spiro atoms. The zero-order valence-electron chi connectivity index (χ0n) is 15.4. The highest BCUT2D eigenvalue weighted by molar-refractivity contribution is 5.95. The molecule has 1 aromatic carbocycles. The van der Waals surface area contributed by atoms with Gasteiger partial charge in [-0.05, 0) is 23.8 Å². The Hall–Kier alpha value is -2.86. The van der Waals surface area contributed by atoms with Gasteiger partial charge in [0.25, 0.3) is 0 Å². The number of hydrogen-bond acceptors (Lipinski definition) is 4. The quantitative estimate of drug-likeness (QED) is 0.651. The molecule has 0 atom stereocenters. The number of Topliss-reactive ketones (excluding diaryl/α,β-unsaturated/α-hetero) is 1. The Labute approximate surface area is 158 Å². The van der Waals surface area contributed by atoms with Gasteiger partial charge in [-0.1, -0.05) is 18.2 Å². The van der Waals surface area contributed by atoms with E-state index in [2.05, 4.69) is 21.6 Å². The van der Waals surface area contributed by atoms with Crippen molar-refractivity contribution >= 4 is 22.6 Å². The summed E-state index contributed by atoms with van der Waals surface area (Å²) in [6.45, 7) is 3.03. The lowest BCUT2D eigenvalue weighted by molar-refractivity contribution is -0.132. The second kappa shape index (κ2) is 7.40. The van der Waals surface area contributed by atoms with E-state index in [9.17, 15) is 9.59 Å². The first kappa shape index (κ1) is 17.5. The summed E-state index contributed by atoms with van der Waals surface area (Å²) in [5.41, 5.74) is 2.20. The molecule has 140 valence electrons. The van der Waals surface area contributed by atoms with Crippen LogP contribution in [0.25, 0.3) is 10.9 Å². The molecule has 1 amide bonds. The third-order valence-electron chi connectivity index (χ3n) is 5.21. The summed E-state index contributed by atoms with van der Waals surface area (Å²) >= 11 is 0. The van der Waals surface area contributed by atoms with E-state index < -0.39 is 0 Å². The van der Waals surface area contributed by atoms with Crippen molar-refractivity contribution in [3.63, 3.8) is 0 Å². The van der Waals surface area contributed by atoms with E-state index >= 15 is 0 Å². The number of carbonyl (C=O) groups is 2. The van der Waals surface area contributed by atoms with E-state index in [-0.39, 0.29) is 11.7 Å². The summed E-state index contributed by atoms with van der Waals surface area (Å²) in [4.78, 5) is 28.9. The minimum Gasteiger partial charge on any atom is -0.461 e. The van der Waals surface area contributed by atoms with Crippen molar-refractivity contribution in [1.29, 1.82) is 0 Å². The monoisotopic (exact) mass is 365 g/mol. The lowest BCUT2D eigenvalue weighted by Crippen LogP contribution is -2.50. The van der Waals surface area contributed by atoms with Gasteiger partial charge in [0.1, 0.15) is 0 Å². The minimum absolute atomic E-state index is 0.0180. The molecule has 6 nitrogen and oxygen atoms in total. The van der Waals surface area contributed by atoms with Crippen LogP contribution in [0.4, 0.5) is 0 Å². The van der Waals surface area contributed by atoms with Gasteiger partial charge < -0.3 is 13.9 Å². The van der Waals surface area contributed by atoms with Gasteiger partial charge in [-0.15, -0.1) is 0 Å². The van der Waals surface area contributed by atoms with Gasteiger partial charge in [0.05, 0.1) is 19.2 Å². The number of hydrogen-bond donors (Lipinski definition) is 0. The summed E-state index contributed by atoms with van der Waals surface area (Å²) in [6, 6.07) is 11.6. The van der Waals surface area contributed by atoms with E-state index in [0.717, 1.165) is 16.5 Å². The minimum atomic E-state index is -0.0180. The van der Waals surface area contributed by atoms with Crippen LogP contribution in [0.2, 0.25) is 0 Å². The van der Waals surface area contributed by atoms with E-state index in [1.807, 2.05) is 30.3 Å². The Bertz CT molecular complexity index is 950. The number of benzene rings is 1. The van der Waals surface area contributed by atoms with Crippen molar-refractivity contribution < 1.29 is 14.0 Å². The summed E-state index contributed by atoms with van der Waals surface area (Å²) in [5.74, 6) is 0.517. The van der Waals surface area contributed by atoms with E-state index in [1.54, 1.807) is 12.1 Å². The van der Waals surface area contributed by atoms with Crippen LogP contribution in [-0.4, -0.2) is 58.8 Å². The molecule has 0 bridgehead atoms. The number of piperazine rings is 1. The second-order valence-corrected chi connectivity index (χ2v) is 7.02.